The Bertz CT molecular complexity index is 55.0. The van der Waals surface area contributed by atoms with Gasteiger partial charge < -0.3 is 0 Å². The van der Waals surface area contributed by atoms with Crippen molar-refractivity contribution in [2.75, 3.05) is 0 Å². The minimum absolute atomic E-state index is 1.11. The van der Waals surface area contributed by atoms with Crippen molar-refractivity contribution < 1.29 is 0 Å². The highest BCUT2D eigenvalue weighted by molar-refractivity contribution is 7.83. The van der Waals surface area contributed by atoms with E-state index in [1.54, 1.807) is 0 Å². The highest BCUT2D eigenvalue weighted by atomic mass is 32.1. The molecule has 0 aliphatic heterocycles. The summed E-state index contributed by atoms with van der Waals surface area (Å²) in [5.41, 5.74) is 1.33. The van der Waals surface area contributed by atoms with Gasteiger partial charge >= 0.3 is 0 Å². The molecule has 0 aliphatic carbocycles. The van der Waals surface area contributed by atoms with E-state index in [4.69, 9.17) is 0 Å². The van der Waals surface area contributed by atoms with E-state index in [1.165, 1.54) is 5.57 Å². The summed E-state index contributed by atoms with van der Waals surface area (Å²) in [7, 11) is 0. The van der Waals surface area contributed by atoms with Gasteiger partial charge in [-0.2, -0.15) is 12.6 Å². The first-order valence-corrected chi connectivity index (χ1v) is 2.62. The molecule has 0 unspecified atom stereocenters. The molecule has 0 aliphatic rings. The van der Waals surface area contributed by atoms with Crippen molar-refractivity contribution in [3.05, 3.63) is 11.0 Å². The first-order chi connectivity index (χ1) is 2.81. The van der Waals surface area contributed by atoms with E-state index in [2.05, 4.69) is 26.5 Å². The zero-order chi connectivity index (χ0) is 4.99. The second kappa shape index (κ2) is 3.29. The first-order valence-electron chi connectivity index (χ1n) is 2.11. The summed E-state index contributed by atoms with van der Waals surface area (Å²) in [4.78, 5) is 0. The Morgan fingerprint density at radius 1 is 1.83 bits per heavy atom. The highest BCUT2D eigenvalue weighted by Crippen LogP contribution is 1.97. The molecule has 0 amide bonds. The Balaban J connectivity index is 3.22. The predicted octanol–water partition coefficient (Wildman–Crippen LogP) is 2.23. The molecule has 0 bridgehead atoms. The van der Waals surface area contributed by atoms with E-state index in [0.717, 1.165) is 6.42 Å². The lowest BCUT2D eigenvalue weighted by molar-refractivity contribution is 1.11. The quantitative estimate of drug-likeness (QED) is 0.482. The van der Waals surface area contributed by atoms with E-state index >= 15 is 0 Å². The van der Waals surface area contributed by atoms with Gasteiger partial charge in [-0.05, 0) is 18.8 Å². The molecular weight excluding hydrogens is 92.1 g/mol. The lowest BCUT2D eigenvalue weighted by Gasteiger charge is -1.84. The van der Waals surface area contributed by atoms with Crippen molar-refractivity contribution in [1.29, 1.82) is 0 Å². The van der Waals surface area contributed by atoms with E-state index in [-0.39, 0.29) is 0 Å². The lowest BCUT2D eigenvalue weighted by atomic mass is 10.3. The largest absolute Gasteiger partial charge is 0.151 e. The maximum absolute atomic E-state index is 3.93. The third-order valence-electron chi connectivity index (χ3n) is 0.778. The Labute approximate surface area is 44.7 Å². The Hall–Kier alpha value is 0.0900. The number of hydrogen-bond donors (Lipinski definition) is 1. The molecule has 0 atom stereocenters. The van der Waals surface area contributed by atoms with Crippen molar-refractivity contribution in [3.8, 4) is 0 Å². The van der Waals surface area contributed by atoms with Crippen LogP contribution in [-0.2, 0) is 0 Å². The minimum atomic E-state index is 1.11. The molecule has 0 fully saturated rings. The monoisotopic (exact) mass is 102 g/mol. The molecule has 6 heavy (non-hydrogen) atoms. The maximum Gasteiger partial charge on any atom is -0.0335 e. The van der Waals surface area contributed by atoms with Crippen molar-refractivity contribution in [1.82, 2.24) is 0 Å². The number of thiol groups is 1. The summed E-state index contributed by atoms with van der Waals surface area (Å²) in [6.45, 7) is 4.18. The van der Waals surface area contributed by atoms with E-state index in [1.807, 2.05) is 5.41 Å². The molecule has 0 nitrogen and oxygen atoms in total. The number of allylic oxidation sites excluding steroid dienone is 1. The van der Waals surface area contributed by atoms with Gasteiger partial charge in [-0.3, -0.25) is 0 Å². The fraction of sp³-hybridized carbons (Fsp3) is 0.600. The third kappa shape index (κ3) is 2.33. The molecule has 0 saturated carbocycles. The normalized spacial score (nSPS) is 12.2. The van der Waals surface area contributed by atoms with Crippen LogP contribution in [0.25, 0.3) is 0 Å². The summed E-state index contributed by atoms with van der Waals surface area (Å²) >= 11 is 3.93. The zero-order valence-electron chi connectivity index (χ0n) is 4.23. The maximum atomic E-state index is 3.93. The SMILES string of the molecule is CC/C(C)=C/S. The molecular formula is C5H10S. The van der Waals surface area contributed by atoms with Gasteiger partial charge in [0.2, 0.25) is 0 Å². The molecule has 0 aromatic heterocycles. The van der Waals surface area contributed by atoms with E-state index in [9.17, 15) is 0 Å². The first kappa shape index (κ1) is 6.09. The highest BCUT2D eigenvalue weighted by Gasteiger charge is 1.73. The molecule has 1 heteroatoms. The average Bonchev–Trinajstić information content (AvgIpc) is 1.65. The molecule has 0 saturated heterocycles. The second-order valence-corrected chi connectivity index (χ2v) is 1.59. The summed E-state index contributed by atoms with van der Waals surface area (Å²) in [5.74, 6) is 0. The molecule has 0 aromatic rings. The number of rotatable bonds is 1. The summed E-state index contributed by atoms with van der Waals surface area (Å²) in [6, 6.07) is 0. The van der Waals surface area contributed by atoms with Crippen LogP contribution in [0.4, 0.5) is 0 Å². The molecule has 0 N–H and O–H groups in total. The molecule has 0 heterocycles. The van der Waals surface area contributed by atoms with Crippen LogP contribution in [0.1, 0.15) is 20.3 Å². The van der Waals surface area contributed by atoms with Crippen LogP contribution < -0.4 is 0 Å². The van der Waals surface area contributed by atoms with Gasteiger partial charge in [0.25, 0.3) is 0 Å². The van der Waals surface area contributed by atoms with Gasteiger partial charge in [-0.1, -0.05) is 12.5 Å². The third-order valence-corrected chi connectivity index (χ3v) is 1.22. The second-order valence-electron chi connectivity index (χ2n) is 1.33. The summed E-state index contributed by atoms with van der Waals surface area (Å²) in [6.07, 6.45) is 1.11. The summed E-state index contributed by atoms with van der Waals surface area (Å²) in [5, 5.41) is 1.83. The van der Waals surface area contributed by atoms with Crippen LogP contribution in [0, 0.1) is 0 Å². The fourth-order valence-electron chi connectivity index (χ4n) is 0.0913. The average molecular weight is 102 g/mol. The molecule has 36 valence electrons. The van der Waals surface area contributed by atoms with Crippen LogP contribution >= 0.6 is 12.6 Å². The van der Waals surface area contributed by atoms with Crippen molar-refractivity contribution >= 4 is 12.6 Å². The van der Waals surface area contributed by atoms with Gasteiger partial charge in [0.15, 0.2) is 0 Å². The van der Waals surface area contributed by atoms with E-state index in [0.29, 0.717) is 0 Å². The Kier molecular flexibility index (Phi) is 3.34. The van der Waals surface area contributed by atoms with E-state index < -0.39 is 0 Å². The van der Waals surface area contributed by atoms with Gasteiger partial charge in [0.1, 0.15) is 0 Å². The standard InChI is InChI=1S/C5H10S/c1-3-5(2)4-6/h4,6H,3H2,1-2H3/b5-4+. The fourth-order valence-corrected chi connectivity index (χ4v) is 0.274. The van der Waals surface area contributed by atoms with Crippen LogP contribution in [0.2, 0.25) is 0 Å². The van der Waals surface area contributed by atoms with Crippen LogP contribution in [0.3, 0.4) is 0 Å². The smallest absolute Gasteiger partial charge is 0.0335 e. The van der Waals surface area contributed by atoms with Crippen LogP contribution in [-0.4, -0.2) is 0 Å². The predicted molar refractivity (Wildman–Crippen MR) is 33.0 cm³/mol. The zero-order valence-corrected chi connectivity index (χ0v) is 5.13. The molecule has 0 spiro atoms. The van der Waals surface area contributed by atoms with Gasteiger partial charge in [0.05, 0.1) is 0 Å². The minimum Gasteiger partial charge on any atom is -0.151 e. The summed E-state index contributed by atoms with van der Waals surface area (Å²) < 4.78 is 0. The van der Waals surface area contributed by atoms with Crippen molar-refractivity contribution in [2.24, 2.45) is 0 Å². The van der Waals surface area contributed by atoms with Crippen LogP contribution in [0.5, 0.6) is 0 Å². The Morgan fingerprint density at radius 3 is 2.33 bits per heavy atom. The lowest BCUT2D eigenvalue weighted by Crippen LogP contribution is -1.62. The van der Waals surface area contributed by atoms with Crippen molar-refractivity contribution in [3.63, 3.8) is 0 Å². The topological polar surface area (TPSA) is 0 Å². The van der Waals surface area contributed by atoms with Gasteiger partial charge in [-0.15, -0.1) is 0 Å². The van der Waals surface area contributed by atoms with Crippen LogP contribution in [0.15, 0.2) is 11.0 Å². The molecule has 0 rings (SSSR count). The number of hydrogen-bond acceptors (Lipinski definition) is 1. The van der Waals surface area contributed by atoms with Crippen molar-refractivity contribution in [2.45, 2.75) is 20.3 Å². The Morgan fingerprint density at radius 2 is 2.33 bits per heavy atom. The van der Waals surface area contributed by atoms with Gasteiger partial charge in [-0.25, -0.2) is 0 Å². The van der Waals surface area contributed by atoms with Gasteiger partial charge in [0, 0.05) is 0 Å². The molecule has 0 aromatic carbocycles. The molecule has 0 radical (unpaired) electrons.